The van der Waals surface area contributed by atoms with Crippen molar-refractivity contribution in [2.24, 2.45) is 4.99 Å². The summed E-state index contributed by atoms with van der Waals surface area (Å²) in [4.78, 5) is 35.0. The monoisotopic (exact) mass is 443 g/mol. The lowest BCUT2D eigenvalue weighted by molar-refractivity contribution is -0.138. The van der Waals surface area contributed by atoms with Crippen molar-refractivity contribution in [3.05, 3.63) is 66.5 Å². The molecule has 1 heterocycles. The van der Waals surface area contributed by atoms with Gasteiger partial charge >= 0.3 is 5.97 Å². The maximum Gasteiger partial charge on any atom is 0.330 e. The highest BCUT2D eigenvalue weighted by atomic mass is 16.5. The zero-order valence-electron chi connectivity index (χ0n) is 18.7. The molecule has 1 aliphatic heterocycles. The number of carbonyl (C=O) groups excluding carboxylic acids is 2. The van der Waals surface area contributed by atoms with Gasteiger partial charge in [-0.3, -0.25) is 4.79 Å². The third-order valence-corrected chi connectivity index (χ3v) is 5.46. The zero-order chi connectivity index (χ0) is 23.4. The minimum absolute atomic E-state index is 0.0215. The minimum atomic E-state index is -0.570. The van der Waals surface area contributed by atoms with Gasteiger partial charge in [-0.1, -0.05) is 30.8 Å². The number of ether oxygens (including phenoxy) is 1. The van der Waals surface area contributed by atoms with Gasteiger partial charge in [-0.25, -0.2) is 14.8 Å². The van der Waals surface area contributed by atoms with E-state index in [9.17, 15) is 9.59 Å². The van der Waals surface area contributed by atoms with E-state index < -0.39 is 11.9 Å². The van der Waals surface area contributed by atoms with Crippen molar-refractivity contribution in [1.82, 2.24) is 4.98 Å². The second-order valence-corrected chi connectivity index (χ2v) is 7.45. The summed E-state index contributed by atoms with van der Waals surface area (Å²) in [6, 6.07) is 15.4. The molecule has 0 saturated heterocycles. The van der Waals surface area contributed by atoms with Gasteiger partial charge in [0.2, 0.25) is 5.91 Å². The Morgan fingerprint density at radius 2 is 1.88 bits per heavy atom. The van der Waals surface area contributed by atoms with Crippen LogP contribution < -0.4 is 10.3 Å². The van der Waals surface area contributed by atoms with Crippen LogP contribution in [0, 0.1) is 0 Å². The number of hydrogen-bond acceptors (Lipinski definition) is 6. The van der Waals surface area contributed by atoms with Gasteiger partial charge in [0, 0.05) is 47.8 Å². The molecule has 0 N–H and O–H groups in total. The summed E-state index contributed by atoms with van der Waals surface area (Å²) in [5.74, 6) is -0.420. The molecule has 1 aliphatic carbocycles. The van der Waals surface area contributed by atoms with Crippen molar-refractivity contribution < 1.29 is 18.7 Å². The molecule has 0 bridgehead atoms. The molecule has 0 saturated carbocycles. The molecular formula is C26H25N3O4. The van der Waals surface area contributed by atoms with Crippen LogP contribution in [0.15, 0.2) is 70.6 Å². The highest BCUT2D eigenvalue weighted by Crippen LogP contribution is 2.31. The molecule has 33 heavy (non-hydrogen) atoms. The molecule has 7 heteroatoms. The van der Waals surface area contributed by atoms with E-state index in [4.69, 9.17) is 14.1 Å². The molecule has 2 aliphatic rings. The lowest BCUT2D eigenvalue weighted by atomic mass is 10.0. The van der Waals surface area contributed by atoms with Gasteiger partial charge in [0.15, 0.2) is 11.3 Å². The van der Waals surface area contributed by atoms with Gasteiger partial charge in [0.05, 0.1) is 11.8 Å². The molecule has 0 spiro atoms. The van der Waals surface area contributed by atoms with Crippen molar-refractivity contribution in [2.45, 2.75) is 20.3 Å². The van der Waals surface area contributed by atoms with Gasteiger partial charge in [0.25, 0.3) is 0 Å². The summed E-state index contributed by atoms with van der Waals surface area (Å²) >= 11 is 0. The third kappa shape index (κ3) is 4.62. The van der Waals surface area contributed by atoms with Gasteiger partial charge in [-0.05, 0) is 26.0 Å². The van der Waals surface area contributed by atoms with Gasteiger partial charge in [-0.2, -0.15) is 0 Å². The van der Waals surface area contributed by atoms with E-state index in [1.54, 1.807) is 6.07 Å². The molecule has 0 unspecified atom stereocenters. The molecule has 0 radical (unpaired) electrons. The van der Waals surface area contributed by atoms with Crippen LogP contribution in [0.5, 0.6) is 0 Å². The smallest absolute Gasteiger partial charge is 0.330 e. The fourth-order valence-electron chi connectivity index (χ4n) is 3.79. The minimum Gasteiger partial charge on any atom is -0.462 e. The van der Waals surface area contributed by atoms with Crippen molar-refractivity contribution in [3.63, 3.8) is 0 Å². The fraction of sp³-hybridized carbons (Fsp3) is 0.231. The van der Waals surface area contributed by atoms with E-state index in [2.05, 4.69) is 30.3 Å². The number of amides is 1. The summed E-state index contributed by atoms with van der Waals surface area (Å²) in [5, 5.41) is 2.13. The second kappa shape index (κ2) is 9.65. The molecule has 2 aromatic carbocycles. The standard InChI is InChI=1S/C26H25N3O4/c1-4-25(31)32-14-13-24(30)27-21-16-23-26(19-10-8-7-9-18(19)21)28-20-12-11-17(15-22(20)33-23)29(5-2)6-3/h4,7-12,15-16H,1,5-6,13-14H2,2-3H3/b27-21-. The van der Waals surface area contributed by atoms with Crippen LogP contribution in [0.25, 0.3) is 33.3 Å². The first-order valence-electron chi connectivity index (χ1n) is 10.9. The lowest BCUT2D eigenvalue weighted by Gasteiger charge is -2.21. The lowest BCUT2D eigenvalue weighted by Crippen LogP contribution is -2.21. The second-order valence-electron chi connectivity index (χ2n) is 7.45. The quantitative estimate of drug-likeness (QED) is 0.181. The molecular weight excluding hydrogens is 418 g/mol. The van der Waals surface area contributed by atoms with E-state index in [-0.39, 0.29) is 13.0 Å². The maximum atomic E-state index is 12.4. The first-order chi connectivity index (χ1) is 16.0. The molecule has 168 valence electrons. The van der Waals surface area contributed by atoms with E-state index in [0.29, 0.717) is 22.4 Å². The maximum absolute atomic E-state index is 12.4. The number of rotatable bonds is 7. The van der Waals surface area contributed by atoms with Gasteiger partial charge in [0.1, 0.15) is 17.8 Å². The summed E-state index contributed by atoms with van der Waals surface area (Å²) < 4.78 is 11.1. The predicted molar refractivity (Wildman–Crippen MR) is 128 cm³/mol. The van der Waals surface area contributed by atoms with E-state index in [1.165, 1.54) is 0 Å². The third-order valence-electron chi connectivity index (χ3n) is 5.46. The number of anilines is 1. The highest BCUT2D eigenvalue weighted by Gasteiger charge is 2.16. The average Bonchev–Trinajstić information content (AvgIpc) is 2.83. The Morgan fingerprint density at radius 3 is 2.61 bits per heavy atom. The number of esters is 1. The molecule has 4 rings (SSSR count). The number of fused-ring (bicyclic) bond motifs is 4. The Labute approximate surface area is 191 Å². The molecule has 0 fully saturated rings. The van der Waals surface area contributed by atoms with E-state index >= 15 is 0 Å². The SMILES string of the molecule is C=CC(=O)OCCC(=O)/N=c1/cc2oc3cc(N(CC)CC)ccc3nc-2c2ccccc12. The first kappa shape index (κ1) is 22.2. The normalized spacial score (nSPS) is 11.8. The number of benzene rings is 3. The molecule has 1 amide bonds. The van der Waals surface area contributed by atoms with Crippen molar-refractivity contribution in [2.75, 3.05) is 24.6 Å². The Balaban J connectivity index is 1.82. The Morgan fingerprint density at radius 1 is 1.12 bits per heavy atom. The average molecular weight is 444 g/mol. The Bertz CT molecular complexity index is 1390. The summed E-state index contributed by atoms with van der Waals surface area (Å²) in [6.07, 6.45) is 1.04. The topological polar surface area (TPSA) is 85.0 Å². The summed E-state index contributed by atoms with van der Waals surface area (Å²) in [7, 11) is 0. The molecule has 2 aromatic rings. The van der Waals surface area contributed by atoms with Crippen LogP contribution in [0.3, 0.4) is 0 Å². The van der Waals surface area contributed by atoms with Gasteiger partial charge < -0.3 is 14.1 Å². The first-order valence-corrected chi connectivity index (χ1v) is 10.9. The van der Waals surface area contributed by atoms with Gasteiger partial charge in [-0.15, -0.1) is 0 Å². The molecule has 0 atom stereocenters. The fourth-order valence-corrected chi connectivity index (χ4v) is 3.79. The largest absolute Gasteiger partial charge is 0.462 e. The zero-order valence-corrected chi connectivity index (χ0v) is 18.7. The van der Waals surface area contributed by atoms with Crippen LogP contribution in [-0.4, -0.2) is 36.6 Å². The molecule has 7 nitrogen and oxygen atoms in total. The Kier molecular flexibility index (Phi) is 6.49. The number of nitrogens with zero attached hydrogens (tertiary/aromatic N) is 3. The van der Waals surface area contributed by atoms with E-state index in [1.807, 2.05) is 42.5 Å². The highest BCUT2D eigenvalue weighted by molar-refractivity contribution is 5.97. The van der Waals surface area contributed by atoms with Crippen LogP contribution in [0.1, 0.15) is 20.3 Å². The van der Waals surface area contributed by atoms with Crippen molar-refractivity contribution >= 4 is 39.4 Å². The van der Waals surface area contributed by atoms with Crippen LogP contribution in [-0.2, 0) is 14.3 Å². The number of hydrogen-bond donors (Lipinski definition) is 0. The van der Waals surface area contributed by atoms with E-state index in [0.717, 1.165) is 41.1 Å². The summed E-state index contributed by atoms with van der Waals surface area (Å²) in [6.45, 7) is 9.28. The molecule has 0 aromatic heterocycles. The van der Waals surface area contributed by atoms with Crippen LogP contribution >= 0.6 is 0 Å². The Hall–Kier alpha value is -4.00. The van der Waals surface area contributed by atoms with Crippen molar-refractivity contribution in [3.8, 4) is 11.5 Å². The van der Waals surface area contributed by atoms with Crippen molar-refractivity contribution in [1.29, 1.82) is 0 Å². The predicted octanol–water partition coefficient (Wildman–Crippen LogP) is 4.48. The number of carbonyl (C=O) groups is 2. The summed E-state index contributed by atoms with van der Waals surface area (Å²) in [5.41, 5.74) is 3.19. The number of aromatic nitrogens is 1. The van der Waals surface area contributed by atoms with Crippen LogP contribution in [0.4, 0.5) is 5.69 Å². The van der Waals surface area contributed by atoms with Crippen LogP contribution in [0.2, 0.25) is 0 Å².